The first kappa shape index (κ1) is 22.3. The highest BCUT2D eigenvalue weighted by Gasteiger charge is 2.91. The van der Waals surface area contributed by atoms with Gasteiger partial charge in [-0.05, 0) is 0 Å². The van der Waals surface area contributed by atoms with E-state index in [-0.39, 0.29) is 33.3 Å². The van der Waals surface area contributed by atoms with Crippen LogP contribution in [0.15, 0.2) is 32.3 Å². The Balaban J connectivity index is 1.69. The predicted molar refractivity (Wildman–Crippen MR) is 120 cm³/mol. The van der Waals surface area contributed by atoms with Gasteiger partial charge in [-0.25, -0.2) is 0 Å². The Labute approximate surface area is 216 Å². The molecule has 1 heterocycles. The molecule has 0 aromatic carbocycles. The molecule has 8 atom stereocenters. The fraction of sp³-hybridized carbons (Fsp3) is 0.579. The quantitative estimate of drug-likeness (QED) is 0.288. The lowest BCUT2D eigenvalue weighted by Crippen LogP contribution is -2.62. The summed E-state index contributed by atoms with van der Waals surface area (Å²) in [6.45, 7) is 0.330. The van der Waals surface area contributed by atoms with Crippen molar-refractivity contribution in [2.24, 2.45) is 23.7 Å². The van der Waals surface area contributed by atoms with E-state index in [1.165, 1.54) is 0 Å². The van der Waals surface area contributed by atoms with Crippen molar-refractivity contribution in [3.63, 3.8) is 0 Å². The van der Waals surface area contributed by atoms with Crippen LogP contribution in [0.1, 0.15) is 0 Å². The highest BCUT2D eigenvalue weighted by Crippen LogP contribution is 2.80. The van der Waals surface area contributed by atoms with Gasteiger partial charge in [0.1, 0.15) is 30.3 Å². The summed E-state index contributed by atoms with van der Waals surface area (Å²) in [7, 11) is 0. The van der Waals surface area contributed by atoms with Crippen molar-refractivity contribution in [3.8, 4) is 0 Å². The monoisotopic (exact) mass is 582 g/mol. The van der Waals surface area contributed by atoms with Gasteiger partial charge in [-0.1, -0.05) is 58.6 Å². The van der Waals surface area contributed by atoms with Crippen molar-refractivity contribution in [1.29, 1.82) is 0 Å². The molecule has 0 amide bonds. The van der Waals surface area contributed by atoms with Crippen LogP contribution in [0.3, 0.4) is 0 Å². The van der Waals surface area contributed by atoms with Gasteiger partial charge in [0.15, 0.2) is 5.78 Å². The smallest absolute Gasteiger partial charge is 0.218 e. The van der Waals surface area contributed by atoms with Gasteiger partial charge in [-0.15, -0.1) is 46.4 Å². The summed E-state index contributed by atoms with van der Waals surface area (Å²) >= 11 is 54.3. The topological polar surface area (TPSA) is 52.6 Å². The Kier molecular flexibility index (Phi) is 4.40. The van der Waals surface area contributed by atoms with Gasteiger partial charge in [0.05, 0.1) is 40.1 Å². The van der Waals surface area contributed by atoms with Crippen LogP contribution in [0.25, 0.3) is 0 Å². The molecule has 2 saturated carbocycles. The molecule has 4 bridgehead atoms. The highest BCUT2D eigenvalue weighted by atomic mass is 35.5. The van der Waals surface area contributed by atoms with Crippen LogP contribution in [-0.2, 0) is 19.1 Å². The third kappa shape index (κ3) is 1.84. The molecule has 7 aliphatic rings. The van der Waals surface area contributed by atoms with Crippen LogP contribution in [0.5, 0.6) is 0 Å². The summed E-state index contributed by atoms with van der Waals surface area (Å²) < 4.78 is 11.9. The number of hydrogen-bond acceptors (Lipinski definition) is 4. The summed E-state index contributed by atoms with van der Waals surface area (Å²) in [6, 6.07) is 0. The molecule has 0 aromatic heterocycles. The zero-order valence-corrected chi connectivity index (χ0v) is 21.1. The van der Waals surface area contributed by atoms with Gasteiger partial charge >= 0.3 is 0 Å². The molecule has 31 heavy (non-hydrogen) atoms. The first-order valence-corrected chi connectivity index (χ1v) is 12.3. The van der Waals surface area contributed by atoms with Crippen LogP contribution in [0.4, 0.5) is 0 Å². The van der Waals surface area contributed by atoms with Crippen molar-refractivity contribution in [1.82, 2.24) is 0 Å². The number of ether oxygens (including phenoxy) is 2. The van der Waals surface area contributed by atoms with E-state index in [1.807, 2.05) is 0 Å². The van der Waals surface area contributed by atoms with E-state index in [0.29, 0.717) is 0 Å². The van der Waals surface area contributed by atoms with Gasteiger partial charge in [0, 0.05) is 11.8 Å². The second kappa shape index (κ2) is 6.13. The van der Waals surface area contributed by atoms with Crippen molar-refractivity contribution < 1.29 is 19.1 Å². The number of Topliss-reactive ketones (excluding diaryl/α,β-unsaturated/α-hetero) is 2. The molecule has 166 valence electrons. The first-order valence-electron chi connectivity index (χ1n) is 9.30. The third-order valence-electron chi connectivity index (χ3n) is 7.70. The molecule has 7 rings (SSSR count). The van der Waals surface area contributed by atoms with Crippen molar-refractivity contribution in [2.75, 3.05) is 13.2 Å². The maximum Gasteiger partial charge on any atom is 0.218 e. The molecule has 0 radical (unpaired) electrons. The molecular formula is C19H10Cl8O4. The Morgan fingerprint density at radius 3 is 1.97 bits per heavy atom. The van der Waals surface area contributed by atoms with E-state index >= 15 is 0 Å². The predicted octanol–water partition coefficient (Wildman–Crippen LogP) is 5.25. The van der Waals surface area contributed by atoms with Crippen LogP contribution >= 0.6 is 92.8 Å². The minimum absolute atomic E-state index is 0.0171. The third-order valence-corrected chi connectivity index (χ3v) is 12.9. The Hall–Kier alpha value is 0.800. The van der Waals surface area contributed by atoms with Crippen molar-refractivity contribution in [2.45, 2.75) is 25.3 Å². The molecule has 1 spiro atoms. The van der Waals surface area contributed by atoms with Gasteiger partial charge in [0.25, 0.3) is 0 Å². The normalized spacial score (nSPS) is 53.8. The number of alkyl halides is 4. The van der Waals surface area contributed by atoms with Crippen molar-refractivity contribution >= 4 is 104 Å². The summed E-state index contributed by atoms with van der Waals surface area (Å²) in [5.74, 6) is -6.93. The number of ketones is 2. The Morgan fingerprint density at radius 1 is 0.774 bits per heavy atom. The lowest BCUT2D eigenvalue weighted by atomic mass is 9.66. The summed E-state index contributed by atoms with van der Waals surface area (Å²) in [6.07, 6.45) is 3.22. The minimum atomic E-state index is -1.90. The molecule has 6 aliphatic carbocycles. The fourth-order valence-corrected chi connectivity index (χ4v) is 10.5. The number of halogens is 8. The lowest BCUT2D eigenvalue weighted by molar-refractivity contribution is -0.175. The minimum Gasteiger partial charge on any atom is -0.344 e. The number of hydrogen-bond donors (Lipinski definition) is 0. The second-order valence-corrected chi connectivity index (χ2v) is 12.4. The second-order valence-electron chi connectivity index (χ2n) is 8.54. The maximum absolute atomic E-state index is 14.1. The molecule has 1 aliphatic heterocycles. The van der Waals surface area contributed by atoms with Crippen LogP contribution in [-0.4, -0.2) is 50.1 Å². The molecule has 0 unspecified atom stereocenters. The molecule has 1 saturated heterocycles. The van der Waals surface area contributed by atoms with E-state index in [4.69, 9.17) is 102 Å². The highest BCUT2D eigenvalue weighted by molar-refractivity contribution is 6.63. The largest absolute Gasteiger partial charge is 0.344 e. The van der Waals surface area contributed by atoms with E-state index in [0.717, 1.165) is 0 Å². The number of carbonyl (C=O) groups is 2. The molecule has 12 heteroatoms. The van der Waals surface area contributed by atoms with E-state index in [1.54, 1.807) is 12.2 Å². The SMILES string of the molecule is O=C1[C@H]2[C@@H]([C@@H]3C=C[C@@H]1[C@@]1(Cl)C(Cl)=C(Cl)C(=O)[C@]31Cl)[C@@]1(Cl)C(Cl)=C(Cl)[C@]2(Cl)C12OCCO2. The number of carbonyl (C=O) groups excluding carboxylic acids is 2. The van der Waals surface area contributed by atoms with Gasteiger partial charge in [-0.3, -0.25) is 9.59 Å². The lowest BCUT2D eigenvalue weighted by Gasteiger charge is -2.48. The average molecular weight is 586 g/mol. The van der Waals surface area contributed by atoms with Gasteiger partial charge in [-0.2, -0.15) is 0 Å². The molecular weight excluding hydrogens is 576 g/mol. The van der Waals surface area contributed by atoms with E-state index in [9.17, 15) is 9.59 Å². The molecule has 0 N–H and O–H groups in total. The zero-order valence-electron chi connectivity index (χ0n) is 15.0. The standard InChI is InChI=1S/C19H10Cl8O4/c20-9-11(21)15(24)6-2-1-5(16(15,25)14(9)29)7-8(10(6)28)18(27)13(23)12(22)17(7,26)19(18)30-3-4-31-19/h1-2,5-8H,3-4H2/t5-,6-,7+,8+,15+,16+,17+,18-/m0/s1. The summed E-state index contributed by atoms with van der Waals surface area (Å²) in [5, 5.41) is -0.549. The molecule has 0 aromatic rings. The zero-order chi connectivity index (χ0) is 22.5. The maximum atomic E-state index is 14.1. The Bertz CT molecular complexity index is 1090. The first-order chi connectivity index (χ1) is 14.4. The van der Waals surface area contributed by atoms with Crippen LogP contribution in [0.2, 0.25) is 0 Å². The fourth-order valence-electron chi connectivity index (χ4n) is 6.57. The average Bonchev–Trinajstić information content (AvgIpc) is 3.32. The number of rotatable bonds is 0. The van der Waals surface area contributed by atoms with Crippen LogP contribution < -0.4 is 0 Å². The van der Waals surface area contributed by atoms with E-state index in [2.05, 4.69) is 0 Å². The summed E-state index contributed by atoms with van der Waals surface area (Å²) in [5.41, 5.74) is 0. The van der Waals surface area contributed by atoms with Crippen molar-refractivity contribution in [3.05, 3.63) is 32.3 Å². The van der Waals surface area contributed by atoms with Crippen LogP contribution in [0, 0.1) is 23.7 Å². The Morgan fingerprint density at radius 2 is 1.35 bits per heavy atom. The van der Waals surface area contributed by atoms with Gasteiger partial charge < -0.3 is 9.47 Å². The van der Waals surface area contributed by atoms with E-state index < -0.39 is 60.5 Å². The molecule has 3 fully saturated rings. The summed E-state index contributed by atoms with van der Waals surface area (Å²) in [4.78, 5) is 20.2. The number of allylic oxidation sites excluding steroid dienone is 4. The van der Waals surface area contributed by atoms with Gasteiger partial charge in [0.2, 0.25) is 5.79 Å². The molecule has 4 nitrogen and oxygen atoms in total.